The molecule has 0 fully saturated rings. The predicted molar refractivity (Wildman–Crippen MR) is 115 cm³/mol. The maximum Gasteiger partial charge on any atom is -0.0145 e. The van der Waals surface area contributed by atoms with Gasteiger partial charge in [0.1, 0.15) is 0 Å². The third-order valence-corrected chi connectivity index (χ3v) is 5.00. The monoisotopic (exact) mass is 338 g/mol. The van der Waals surface area contributed by atoms with Crippen molar-refractivity contribution < 1.29 is 0 Å². The third kappa shape index (κ3) is 3.37. The fourth-order valence-corrected chi connectivity index (χ4v) is 3.81. The summed E-state index contributed by atoms with van der Waals surface area (Å²) in [5.74, 6) is 0. The van der Waals surface area contributed by atoms with Crippen LogP contribution in [0.5, 0.6) is 0 Å². The molecule has 0 atom stereocenters. The highest BCUT2D eigenvalue weighted by molar-refractivity contribution is 5.92. The van der Waals surface area contributed by atoms with Crippen molar-refractivity contribution in [1.82, 2.24) is 0 Å². The first-order valence-electron chi connectivity index (χ1n) is 9.42. The molecule has 0 aliphatic rings. The molecule has 0 aliphatic carbocycles. The summed E-state index contributed by atoms with van der Waals surface area (Å²) in [7, 11) is 0. The molecule has 0 amide bonds. The van der Waals surface area contributed by atoms with Gasteiger partial charge in [-0.1, -0.05) is 87.0 Å². The van der Waals surface area contributed by atoms with Crippen LogP contribution in [0.4, 0.5) is 0 Å². The van der Waals surface area contributed by atoms with Crippen LogP contribution in [0.2, 0.25) is 0 Å². The zero-order chi connectivity index (χ0) is 18.3. The maximum absolute atomic E-state index is 2.39. The Morgan fingerprint density at radius 2 is 1.35 bits per heavy atom. The van der Waals surface area contributed by atoms with Gasteiger partial charge in [0.25, 0.3) is 0 Å². The third-order valence-electron chi connectivity index (χ3n) is 5.00. The van der Waals surface area contributed by atoms with E-state index >= 15 is 0 Å². The standard InChI is InChI=1S/C26H26/c1-18-9-10-19-11-12-22(15-23(19)13-18)25-16-21-8-6-5-7-20(21)14-24(25)17-26(2,3)4/h5-16H,17H2,1-4H3. The Morgan fingerprint density at radius 3 is 2.08 bits per heavy atom. The fraction of sp³-hybridized carbons (Fsp3) is 0.231. The lowest BCUT2D eigenvalue weighted by molar-refractivity contribution is 0.412. The second kappa shape index (κ2) is 6.29. The number of rotatable bonds is 2. The molecule has 0 heterocycles. The Hall–Kier alpha value is -2.60. The number of hydrogen-bond acceptors (Lipinski definition) is 0. The minimum absolute atomic E-state index is 0.255. The lowest BCUT2D eigenvalue weighted by atomic mass is 9.83. The number of aryl methyl sites for hydroxylation is 1. The van der Waals surface area contributed by atoms with Crippen molar-refractivity contribution in [3.63, 3.8) is 0 Å². The van der Waals surface area contributed by atoms with Crippen LogP contribution in [0.1, 0.15) is 31.9 Å². The molecular weight excluding hydrogens is 312 g/mol. The molecule has 26 heavy (non-hydrogen) atoms. The van der Waals surface area contributed by atoms with E-state index in [4.69, 9.17) is 0 Å². The quantitative estimate of drug-likeness (QED) is 0.354. The molecular formula is C26H26. The average Bonchev–Trinajstić information content (AvgIpc) is 2.59. The summed E-state index contributed by atoms with van der Waals surface area (Å²) in [5.41, 5.74) is 5.67. The largest absolute Gasteiger partial charge is 0.0616 e. The van der Waals surface area contributed by atoms with E-state index in [9.17, 15) is 0 Å². The maximum atomic E-state index is 2.39. The van der Waals surface area contributed by atoms with Gasteiger partial charge in [-0.15, -0.1) is 0 Å². The Balaban J connectivity index is 1.95. The molecule has 4 rings (SSSR count). The van der Waals surface area contributed by atoms with E-state index in [-0.39, 0.29) is 5.41 Å². The van der Waals surface area contributed by atoms with Gasteiger partial charge in [0.15, 0.2) is 0 Å². The molecule has 0 saturated carbocycles. The van der Waals surface area contributed by atoms with E-state index in [0.29, 0.717) is 0 Å². The topological polar surface area (TPSA) is 0 Å². The Morgan fingerprint density at radius 1 is 0.654 bits per heavy atom. The Labute approximate surface area is 156 Å². The Bertz CT molecular complexity index is 1090. The van der Waals surface area contributed by atoms with Gasteiger partial charge in [-0.05, 0) is 69.1 Å². The summed E-state index contributed by atoms with van der Waals surface area (Å²) in [6, 6.07) is 27.0. The Kier molecular flexibility index (Phi) is 4.07. The summed E-state index contributed by atoms with van der Waals surface area (Å²) >= 11 is 0. The van der Waals surface area contributed by atoms with Crippen LogP contribution in [0.25, 0.3) is 32.7 Å². The lowest BCUT2D eigenvalue weighted by Crippen LogP contribution is -2.10. The van der Waals surface area contributed by atoms with Crippen LogP contribution in [0, 0.1) is 12.3 Å². The molecule has 0 spiro atoms. The highest BCUT2D eigenvalue weighted by Crippen LogP contribution is 2.34. The molecule has 0 aromatic heterocycles. The van der Waals surface area contributed by atoms with Gasteiger partial charge in [0, 0.05) is 0 Å². The van der Waals surface area contributed by atoms with E-state index < -0.39 is 0 Å². The first kappa shape index (κ1) is 16.8. The molecule has 4 aromatic carbocycles. The molecule has 4 aromatic rings. The summed E-state index contributed by atoms with van der Waals surface area (Å²) in [4.78, 5) is 0. The summed E-state index contributed by atoms with van der Waals surface area (Å²) in [6.45, 7) is 9.11. The van der Waals surface area contributed by atoms with Gasteiger partial charge in [-0.3, -0.25) is 0 Å². The van der Waals surface area contributed by atoms with Crippen LogP contribution in [-0.4, -0.2) is 0 Å². The van der Waals surface area contributed by atoms with E-state index in [1.54, 1.807) is 0 Å². The smallest absolute Gasteiger partial charge is 0.0145 e. The predicted octanol–water partition coefficient (Wildman–Crippen LogP) is 7.56. The molecule has 0 nitrogen and oxygen atoms in total. The molecule has 0 aliphatic heterocycles. The van der Waals surface area contributed by atoms with Gasteiger partial charge < -0.3 is 0 Å². The van der Waals surface area contributed by atoms with Crippen molar-refractivity contribution >= 4 is 21.5 Å². The minimum atomic E-state index is 0.255. The zero-order valence-electron chi connectivity index (χ0n) is 16.1. The number of benzene rings is 4. The van der Waals surface area contributed by atoms with Gasteiger partial charge in [-0.2, -0.15) is 0 Å². The van der Waals surface area contributed by atoms with E-state index in [1.165, 1.54) is 43.8 Å². The van der Waals surface area contributed by atoms with Gasteiger partial charge in [-0.25, -0.2) is 0 Å². The van der Waals surface area contributed by atoms with Crippen molar-refractivity contribution in [2.75, 3.05) is 0 Å². The molecule has 0 unspecified atom stereocenters. The summed E-state index contributed by atoms with van der Waals surface area (Å²) in [5, 5.41) is 5.26. The van der Waals surface area contributed by atoms with Crippen molar-refractivity contribution in [2.45, 2.75) is 34.1 Å². The highest BCUT2D eigenvalue weighted by atomic mass is 14.2. The SMILES string of the molecule is Cc1ccc2ccc(-c3cc4ccccc4cc3CC(C)(C)C)cc2c1. The summed E-state index contributed by atoms with van der Waals surface area (Å²) in [6.07, 6.45) is 1.07. The molecule has 130 valence electrons. The molecule has 0 heteroatoms. The fourth-order valence-electron chi connectivity index (χ4n) is 3.81. The number of hydrogen-bond donors (Lipinski definition) is 0. The molecule has 0 N–H and O–H groups in total. The molecule has 0 bridgehead atoms. The van der Waals surface area contributed by atoms with Gasteiger partial charge in [0.05, 0.1) is 0 Å². The van der Waals surface area contributed by atoms with Crippen LogP contribution in [0.3, 0.4) is 0 Å². The van der Waals surface area contributed by atoms with Crippen molar-refractivity contribution in [3.05, 3.63) is 83.9 Å². The van der Waals surface area contributed by atoms with Crippen LogP contribution < -0.4 is 0 Å². The second-order valence-corrected chi connectivity index (χ2v) is 8.66. The zero-order valence-corrected chi connectivity index (χ0v) is 16.1. The first-order valence-corrected chi connectivity index (χ1v) is 9.42. The number of fused-ring (bicyclic) bond motifs is 2. The molecule has 0 radical (unpaired) electrons. The van der Waals surface area contributed by atoms with E-state index in [2.05, 4.69) is 100 Å². The van der Waals surface area contributed by atoms with Gasteiger partial charge >= 0.3 is 0 Å². The first-order chi connectivity index (χ1) is 12.4. The van der Waals surface area contributed by atoms with Crippen molar-refractivity contribution in [3.8, 4) is 11.1 Å². The van der Waals surface area contributed by atoms with Crippen LogP contribution >= 0.6 is 0 Å². The summed E-state index contributed by atoms with van der Waals surface area (Å²) < 4.78 is 0. The average molecular weight is 338 g/mol. The van der Waals surface area contributed by atoms with Crippen molar-refractivity contribution in [1.29, 1.82) is 0 Å². The second-order valence-electron chi connectivity index (χ2n) is 8.66. The van der Waals surface area contributed by atoms with E-state index in [1.807, 2.05) is 0 Å². The van der Waals surface area contributed by atoms with Crippen LogP contribution in [-0.2, 0) is 6.42 Å². The van der Waals surface area contributed by atoms with Crippen LogP contribution in [0.15, 0.2) is 72.8 Å². The normalized spacial score (nSPS) is 12.0. The highest BCUT2D eigenvalue weighted by Gasteiger charge is 2.16. The lowest BCUT2D eigenvalue weighted by Gasteiger charge is -2.21. The van der Waals surface area contributed by atoms with Crippen molar-refractivity contribution in [2.24, 2.45) is 5.41 Å². The van der Waals surface area contributed by atoms with Gasteiger partial charge in [0.2, 0.25) is 0 Å². The molecule has 0 saturated heterocycles. The van der Waals surface area contributed by atoms with E-state index in [0.717, 1.165) is 6.42 Å². The minimum Gasteiger partial charge on any atom is -0.0616 e.